The lowest BCUT2D eigenvalue weighted by Crippen LogP contribution is -1.88. The van der Waals surface area contributed by atoms with Crippen LogP contribution in [-0.2, 0) is 0 Å². The Morgan fingerprint density at radius 2 is 2.05 bits per heavy atom. The number of nitrogens with zero attached hydrogens (tertiary/aromatic N) is 4. The zero-order valence-corrected chi connectivity index (χ0v) is 13.1. The molecule has 0 aliphatic heterocycles. The minimum absolute atomic E-state index is 0.0767. The topological polar surface area (TPSA) is 87.1 Å². The number of rotatable bonds is 5. The highest BCUT2D eigenvalue weighted by Gasteiger charge is 2.19. The van der Waals surface area contributed by atoms with Crippen LogP contribution in [0.4, 0.5) is 0 Å². The molecular weight excluding hydrogens is 304 g/mol. The fourth-order valence-corrected chi connectivity index (χ4v) is 2.58. The molecule has 0 fully saturated rings. The predicted octanol–water partition coefficient (Wildman–Crippen LogP) is 3.29. The van der Waals surface area contributed by atoms with Gasteiger partial charge in [-0.2, -0.15) is 4.98 Å². The highest BCUT2D eigenvalue weighted by molar-refractivity contribution is 7.99. The highest BCUT2D eigenvalue weighted by atomic mass is 32.2. The maximum Gasteiger partial charge on any atom is 0.277 e. The lowest BCUT2D eigenvalue weighted by atomic mass is 10.2. The molecule has 0 aliphatic carbocycles. The molecule has 0 amide bonds. The summed E-state index contributed by atoms with van der Waals surface area (Å²) >= 11 is 1.36. The molecule has 8 heteroatoms. The Morgan fingerprint density at radius 3 is 2.77 bits per heavy atom. The first-order valence-electron chi connectivity index (χ1n) is 6.61. The molecule has 3 aromatic rings. The first-order chi connectivity index (χ1) is 10.7. The van der Waals surface area contributed by atoms with Gasteiger partial charge in [0.25, 0.3) is 11.1 Å². The van der Waals surface area contributed by atoms with Gasteiger partial charge in [-0.05, 0) is 26.0 Å². The molecule has 7 nitrogen and oxygen atoms in total. The van der Waals surface area contributed by atoms with Gasteiger partial charge in [0.05, 0.1) is 17.9 Å². The number of aryl methyl sites for hydroxylation is 1. The van der Waals surface area contributed by atoms with Crippen molar-refractivity contribution in [1.29, 1.82) is 0 Å². The number of aromatic nitrogens is 4. The standard InChI is InChI=1S/C14H14N4O3S/c1-8(12-15-9(2)18-21-12)22-14-17-16-13(20-14)10-6-4-5-7-11(10)19-3/h4-8H,1-3H3. The second kappa shape index (κ2) is 6.18. The van der Waals surface area contributed by atoms with Crippen molar-refractivity contribution in [3.8, 4) is 17.2 Å². The molecule has 0 N–H and O–H groups in total. The van der Waals surface area contributed by atoms with Crippen molar-refractivity contribution in [1.82, 2.24) is 20.3 Å². The molecule has 0 spiro atoms. The second-order valence-electron chi connectivity index (χ2n) is 4.51. The van der Waals surface area contributed by atoms with Crippen LogP contribution in [0.2, 0.25) is 0 Å². The molecule has 1 aromatic carbocycles. The Hall–Kier alpha value is -2.35. The van der Waals surface area contributed by atoms with Crippen LogP contribution in [0.5, 0.6) is 5.75 Å². The van der Waals surface area contributed by atoms with E-state index in [1.54, 1.807) is 14.0 Å². The Kier molecular flexibility index (Phi) is 4.10. The summed E-state index contributed by atoms with van der Waals surface area (Å²) in [5.74, 6) is 2.22. The summed E-state index contributed by atoms with van der Waals surface area (Å²) in [6.45, 7) is 3.71. The monoisotopic (exact) mass is 318 g/mol. The van der Waals surface area contributed by atoms with E-state index in [4.69, 9.17) is 13.7 Å². The highest BCUT2D eigenvalue weighted by Crippen LogP contribution is 2.35. The summed E-state index contributed by atoms with van der Waals surface area (Å²) in [7, 11) is 1.60. The third kappa shape index (κ3) is 2.96. The zero-order chi connectivity index (χ0) is 15.5. The van der Waals surface area contributed by atoms with E-state index >= 15 is 0 Å². The average molecular weight is 318 g/mol. The average Bonchev–Trinajstić information content (AvgIpc) is 3.16. The predicted molar refractivity (Wildman–Crippen MR) is 79.6 cm³/mol. The number of hydrogen-bond donors (Lipinski definition) is 0. The van der Waals surface area contributed by atoms with Crippen molar-refractivity contribution in [2.45, 2.75) is 24.3 Å². The summed E-state index contributed by atoms with van der Waals surface area (Å²) < 4.78 is 16.1. The summed E-state index contributed by atoms with van der Waals surface area (Å²) in [5.41, 5.74) is 0.755. The summed E-state index contributed by atoms with van der Waals surface area (Å²) in [6, 6.07) is 7.48. The van der Waals surface area contributed by atoms with Gasteiger partial charge in [0.15, 0.2) is 5.82 Å². The van der Waals surface area contributed by atoms with Gasteiger partial charge in [0.2, 0.25) is 5.89 Å². The normalized spacial score (nSPS) is 12.3. The fraction of sp³-hybridized carbons (Fsp3) is 0.286. The summed E-state index contributed by atoms with van der Waals surface area (Å²) in [5, 5.41) is 12.2. The van der Waals surface area contributed by atoms with E-state index < -0.39 is 0 Å². The van der Waals surface area contributed by atoms with Gasteiger partial charge in [-0.3, -0.25) is 0 Å². The number of benzene rings is 1. The molecule has 2 aromatic heterocycles. The third-order valence-electron chi connectivity index (χ3n) is 2.91. The molecule has 3 rings (SSSR count). The molecule has 0 radical (unpaired) electrons. The van der Waals surface area contributed by atoms with E-state index in [0.717, 1.165) is 5.56 Å². The lowest BCUT2D eigenvalue weighted by molar-refractivity contribution is 0.375. The van der Waals surface area contributed by atoms with Gasteiger partial charge < -0.3 is 13.7 Å². The lowest BCUT2D eigenvalue weighted by Gasteiger charge is -2.03. The summed E-state index contributed by atoms with van der Waals surface area (Å²) in [6.07, 6.45) is 0. The van der Waals surface area contributed by atoms with Crippen molar-refractivity contribution >= 4 is 11.8 Å². The number of hydrogen-bond acceptors (Lipinski definition) is 8. The molecule has 1 atom stereocenters. The minimum Gasteiger partial charge on any atom is -0.496 e. The Morgan fingerprint density at radius 1 is 1.23 bits per heavy atom. The first kappa shape index (κ1) is 14.6. The van der Waals surface area contributed by atoms with Crippen LogP contribution in [0.1, 0.15) is 23.9 Å². The molecule has 0 aliphatic rings. The van der Waals surface area contributed by atoms with E-state index in [0.29, 0.717) is 28.6 Å². The van der Waals surface area contributed by atoms with Crippen LogP contribution >= 0.6 is 11.8 Å². The molecule has 1 unspecified atom stereocenters. The van der Waals surface area contributed by atoms with Crippen molar-refractivity contribution in [2.24, 2.45) is 0 Å². The zero-order valence-electron chi connectivity index (χ0n) is 12.3. The number of ether oxygens (including phenoxy) is 1. The van der Waals surface area contributed by atoms with Crippen molar-refractivity contribution in [2.75, 3.05) is 7.11 Å². The van der Waals surface area contributed by atoms with Crippen LogP contribution in [0.15, 0.2) is 38.4 Å². The van der Waals surface area contributed by atoms with Gasteiger partial charge in [-0.1, -0.05) is 29.1 Å². The van der Waals surface area contributed by atoms with Crippen molar-refractivity contribution in [3.05, 3.63) is 36.0 Å². The molecular formula is C14H14N4O3S. The smallest absolute Gasteiger partial charge is 0.277 e. The van der Waals surface area contributed by atoms with E-state index in [1.165, 1.54) is 11.8 Å². The van der Waals surface area contributed by atoms with Crippen molar-refractivity contribution < 1.29 is 13.7 Å². The van der Waals surface area contributed by atoms with Gasteiger partial charge in [-0.15, -0.1) is 10.2 Å². The molecule has 0 saturated carbocycles. The van der Waals surface area contributed by atoms with Crippen LogP contribution < -0.4 is 4.74 Å². The Labute approximate surface area is 131 Å². The van der Waals surface area contributed by atoms with Gasteiger partial charge >= 0.3 is 0 Å². The third-order valence-corrected chi connectivity index (χ3v) is 3.83. The number of para-hydroxylation sites is 1. The van der Waals surface area contributed by atoms with Crippen LogP contribution in [-0.4, -0.2) is 27.4 Å². The van der Waals surface area contributed by atoms with E-state index in [1.807, 2.05) is 31.2 Å². The van der Waals surface area contributed by atoms with E-state index in [-0.39, 0.29) is 5.25 Å². The summed E-state index contributed by atoms with van der Waals surface area (Å²) in [4.78, 5) is 4.19. The van der Waals surface area contributed by atoms with Crippen LogP contribution in [0, 0.1) is 6.92 Å². The maximum atomic E-state index is 5.68. The quantitative estimate of drug-likeness (QED) is 0.662. The van der Waals surface area contributed by atoms with Crippen molar-refractivity contribution in [3.63, 3.8) is 0 Å². The van der Waals surface area contributed by atoms with Crippen LogP contribution in [0.25, 0.3) is 11.5 Å². The first-order valence-corrected chi connectivity index (χ1v) is 7.49. The molecule has 22 heavy (non-hydrogen) atoms. The second-order valence-corrected chi connectivity index (χ2v) is 5.81. The molecule has 0 bridgehead atoms. The Bertz CT molecular complexity index is 771. The molecule has 114 valence electrons. The SMILES string of the molecule is COc1ccccc1-c1nnc(SC(C)c2nc(C)no2)o1. The maximum absolute atomic E-state index is 5.68. The van der Waals surface area contributed by atoms with E-state index in [2.05, 4.69) is 20.3 Å². The number of methoxy groups -OCH3 is 1. The van der Waals surface area contributed by atoms with Gasteiger partial charge in [0, 0.05) is 0 Å². The van der Waals surface area contributed by atoms with Gasteiger partial charge in [0.1, 0.15) is 5.75 Å². The van der Waals surface area contributed by atoms with Crippen LogP contribution in [0.3, 0.4) is 0 Å². The fourth-order valence-electron chi connectivity index (χ4n) is 1.87. The number of thioether (sulfide) groups is 1. The van der Waals surface area contributed by atoms with Gasteiger partial charge in [-0.25, -0.2) is 0 Å². The molecule has 0 saturated heterocycles. The molecule has 2 heterocycles. The minimum atomic E-state index is -0.0767. The Balaban J connectivity index is 1.79. The largest absolute Gasteiger partial charge is 0.496 e. The van der Waals surface area contributed by atoms with E-state index in [9.17, 15) is 0 Å².